The minimum atomic E-state index is -0.712. The molecular formula is C12H17NO2S. The number of aryl methyl sites for hydroxylation is 1. The minimum absolute atomic E-state index is 0.268. The highest BCUT2D eigenvalue weighted by molar-refractivity contribution is 7.09. The maximum Gasteiger partial charge on any atom is 0.306 e. The first kappa shape index (κ1) is 11.6. The molecule has 1 aromatic rings. The molecule has 1 atom stereocenters. The Morgan fingerprint density at radius 1 is 1.69 bits per heavy atom. The summed E-state index contributed by atoms with van der Waals surface area (Å²) in [5.41, 5.74) is 1.23. The maximum absolute atomic E-state index is 10.7. The van der Waals surface area contributed by atoms with E-state index in [-0.39, 0.29) is 5.92 Å². The number of thiazole rings is 1. The fourth-order valence-electron chi connectivity index (χ4n) is 1.79. The van der Waals surface area contributed by atoms with Gasteiger partial charge in [0.1, 0.15) is 0 Å². The lowest BCUT2D eigenvalue weighted by Gasteiger charge is -2.23. The van der Waals surface area contributed by atoms with E-state index in [0.29, 0.717) is 12.3 Å². The number of nitrogens with zero attached hydrogens (tertiary/aromatic N) is 1. The van der Waals surface area contributed by atoms with Crippen LogP contribution >= 0.6 is 11.3 Å². The van der Waals surface area contributed by atoms with Gasteiger partial charge in [-0.05, 0) is 19.3 Å². The van der Waals surface area contributed by atoms with Gasteiger partial charge in [-0.25, -0.2) is 4.98 Å². The van der Waals surface area contributed by atoms with Crippen molar-refractivity contribution in [1.29, 1.82) is 0 Å². The maximum atomic E-state index is 10.7. The third-order valence-electron chi connectivity index (χ3n) is 3.31. The Kier molecular flexibility index (Phi) is 3.59. The molecule has 0 saturated heterocycles. The summed E-state index contributed by atoms with van der Waals surface area (Å²) in [5.74, 6) is -0.297. The van der Waals surface area contributed by atoms with Crippen molar-refractivity contribution < 1.29 is 9.90 Å². The second kappa shape index (κ2) is 4.95. The van der Waals surface area contributed by atoms with Crippen molar-refractivity contribution in [2.24, 2.45) is 5.92 Å². The van der Waals surface area contributed by atoms with Gasteiger partial charge in [-0.3, -0.25) is 4.79 Å². The molecule has 88 valence electrons. The van der Waals surface area contributed by atoms with Crippen LogP contribution in [0.15, 0.2) is 5.38 Å². The Labute approximate surface area is 99.5 Å². The highest BCUT2D eigenvalue weighted by Crippen LogP contribution is 2.36. The van der Waals surface area contributed by atoms with Gasteiger partial charge >= 0.3 is 5.97 Å². The zero-order valence-electron chi connectivity index (χ0n) is 9.48. The molecule has 2 rings (SSSR count). The largest absolute Gasteiger partial charge is 0.481 e. The number of aromatic nitrogens is 1. The van der Waals surface area contributed by atoms with Crippen LogP contribution in [0.3, 0.4) is 0 Å². The molecule has 0 aliphatic heterocycles. The molecule has 1 aromatic heterocycles. The predicted molar refractivity (Wildman–Crippen MR) is 63.8 cm³/mol. The van der Waals surface area contributed by atoms with Crippen LogP contribution in [-0.2, 0) is 11.2 Å². The lowest BCUT2D eigenvalue weighted by Crippen LogP contribution is -2.11. The molecule has 3 nitrogen and oxygen atoms in total. The number of carbonyl (C=O) groups is 1. The van der Waals surface area contributed by atoms with Crippen LogP contribution in [0.1, 0.15) is 49.2 Å². The second-order valence-corrected chi connectivity index (χ2v) is 5.51. The summed E-state index contributed by atoms with van der Waals surface area (Å²) in [7, 11) is 0. The molecule has 0 aromatic carbocycles. The van der Waals surface area contributed by atoms with Crippen LogP contribution in [-0.4, -0.2) is 16.1 Å². The molecule has 1 aliphatic carbocycles. The van der Waals surface area contributed by atoms with E-state index in [4.69, 9.17) is 5.11 Å². The predicted octanol–water partition coefficient (Wildman–Crippen LogP) is 3.06. The number of rotatable bonds is 5. The quantitative estimate of drug-likeness (QED) is 0.859. The first-order valence-corrected chi connectivity index (χ1v) is 6.72. The number of aliphatic carboxylic acids is 1. The average Bonchev–Trinajstić information content (AvgIpc) is 2.59. The molecule has 1 heterocycles. The Balaban J connectivity index is 1.85. The number of carboxylic acid groups (broad SMARTS) is 1. The fourth-order valence-corrected chi connectivity index (χ4v) is 2.69. The fraction of sp³-hybridized carbons (Fsp3) is 0.667. The SMILES string of the molecule is CC(CCc1nc(C2CCC2)cs1)C(=O)O. The van der Waals surface area contributed by atoms with Crippen LogP contribution in [0.25, 0.3) is 0 Å². The second-order valence-electron chi connectivity index (χ2n) is 4.57. The van der Waals surface area contributed by atoms with Crippen molar-refractivity contribution in [2.45, 2.75) is 44.9 Å². The highest BCUT2D eigenvalue weighted by Gasteiger charge is 2.22. The van der Waals surface area contributed by atoms with Crippen molar-refractivity contribution >= 4 is 17.3 Å². The number of carboxylic acids is 1. The summed E-state index contributed by atoms with van der Waals surface area (Å²) in [6.45, 7) is 1.75. The van der Waals surface area contributed by atoms with E-state index in [1.807, 2.05) is 0 Å². The molecule has 1 N–H and O–H groups in total. The van der Waals surface area contributed by atoms with Gasteiger partial charge in [-0.15, -0.1) is 11.3 Å². The zero-order chi connectivity index (χ0) is 11.5. The molecule has 1 fully saturated rings. The molecular weight excluding hydrogens is 222 g/mol. The van der Waals surface area contributed by atoms with Crippen LogP contribution in [0.5, 0.6) is 0 Å². The molecule has 0 radical (unpaired) electrons. The lowest BCUT2D eigenvalue weighted by molar-refractivity contribution is -0.141. The molecule has 1 saturated carbocycles. The molecule has 0 spiro atoms. The van der Waals surface area contributed by atoms with Gasteiger partial charge < -0.3 is 5.11 Å². The van der Waals surface area contributed by atoms with Crippen LogP contribution in [0.4, 0.5) is 0 Å². The Bertz CT molecular complexity index is 371. The van der Waals surface area contributed by atoms with Crippen molar-refractivity contribution in [3.8, 4) is 0 Å². The third-order valence-corrected chi connectivity index (χ3v) is 4.23. The lowest BCUT2D eigenvalue weighted by atomic mass is 9.83. The first-order chi connectivity index (χ1) is 7.66. The standard InChI is InChI=1S/C12H17NO2S/c1-8(12(14)15)5-6-11-13-10(7-16-11)9-3-2-4-9/h7-9H,2-6H2,1H3,(H,14,15). The summed E-state index contributed by atoms with van der Waals surface area (Å²) >= 11 is 1.68. The van der Waals surface area contributed by atoms with Gasteiger partial charge in [-0.2, -0.15) is 0 Å². The van der Waals surface area contributed by atoms with Crippen molar-refractivity contribution in [2.75, 3.05) is 0 Å². The van der Waals surface area contributed by atoms with E-state index in [1.54, 1.807) is 18.3 Å². The topological polar surface area (TPSA) is 50.2 Å². The molecule has 0 amide bonds. The molecule has 16 heavy (non-hydrogen) atoms. The van der Waals surface area contributed by atoms with E-state index < -0.39 is 5.97 Å². The van der Waals surface area contributed by atoms with E-state index in [1.165, 1.54) is 25.0 Å². The minimum Gasteiger partial charge on any atom is -0.481 e. The van der Waals surface area contributed by atoms with Crippen LogP contribution < -0.4 is 0 Å². The van der Waals surface area contributed by atoms with Gasteiger partial charge in [-0.1, -0.05) is 13.3 Å². The smallest absolute Gasteiger partial charge is 0.306 e. The molecule has 1 aliphatic rings. The van der Waals surface area contributed by atoms with Gasteiger partial charge in [0, 0.05) is 17.7 Å². The number of hydrogen-bond acceptors (Lipinski definition) is 3. The van der Waals surface area contributed by atoms with E-state index in [0.717, 1.165) is 11.4 Å². The van der Waals surface area contributed by atoms with E-state index in [2.05, 4.69) is 10.4 Å². The Hall–Kier alpha value is -0.900. The summed E-state index contributed by atoms with van der Waals surface area (Å²) in [6, 6.07) is 0. The van der Waals surface area contributed by atoms with Crippen molar-refractivity contribution in [1.82, 2.24) is 4.98 Å². The molecule has 4 heteroatoms. The van der Waals surface area contributed by atoms with E-state index in [9.17, 15) is 4.79 Å². The monoisotopic (exact) mass is 239 g/mol. The normalized spacial score (nSPS) is 18.1. The molecule has 0 bridgehead atoms. The van der Waals surface area contributed by atoms with Crippen molar-refractivity contribution in [3.05, 3.63) is 16.1 Å². The molecule has 1 unspecified atom stereocenters. The Morgan fingerprint density at radius 2 is 2.44 bits per heavy atom. The first-order valence-electron chi connectivity index (χ1n) is 5.84. The average molecular weight is 239 g/mol. The summed E-state index contributed by atoms with van der Waals surface area (Å²) in [6.07, 6.45) is 5.36. The van der Waals surface area contributed by atoms with Crippen LogP contribution in [0.2, 0.25) is 0 Å². The summed E-state index contributed by atoms with van der Waals surface area (Å²) in [5, 5.41) is 12.0. The van der Waals surface area contributed by atoms with Crippen LogP contribution in [0, 0.1) is 5.92 Å². The van der Waals surface area contributed by atoms with Gasteiger partial charge in [0.05, 0.1) is 16.6 Å². The van der Waals surface area contributed by atoms with E-state index >= 15 is 0 Å². The van der Waals surface area contributed by atoms with Gasteiger partial charge in [0.2, 0.25) is 0 Å². The third kappa shape index (κ3) is 2.61. The zero-order valence-corrected chi connectivity index (χ0v) is 10.3. The van der Waals surface area contributed by atoms with Gasteiger partial charge in [0.25, 0.3) is 0 Å². The summed E-state index contributed by atoms with van der Waals surface area (Å²) in [4.78, 5) is 15.3. The Morgan fingerprint density at radius 3 is 3.00 bits per heavy atom. The highest BCUT2D eigenvalue weighted by atomic mass is 32.1. The van der Waals surface area contributed by atoms with Gasteiger partial charge in [0.15, 0.2) is 0 Å². The van der Waals surface area contributed by atoms with Crippen molar-refractivity contribution in [3.63, 3.8) is 0 Å². The summed E-state index contributed by atoms with van der Waals surface area (Å²) < 4.78 is 0. The number of hydrogen-bond donors (Lipinski definition) is 1.